The molecule has 4 saturated carbocycles. The Hall–Kier alpha value is -1.89. The lowest BCUT2D eigenvalue weighted by Crippen LogP contribution is -2.66. The topological polar surface area (TPSA) is 186 Å². The lowest BCUT2D eigenvalue weighted by molar-refractivity contribution is -0.211. The van der Waals surface area contributed by atoms with Crippen molar-refractivity contribution in [1.82, 2.24) is 5.32 Å². The van der Waals surface area contributed by atoms with E-state index in [4.69, 9.17) is 10.5 Å². The van der Waals surface area contributed by atoms with Gasteiger partial charge in [-0.15, -0.1) is 0 Å². The summed E-state index contributed by atoms with van der Waals surface area (Å²) in [7, 11) is 0. The van der Waals surface area contributed by atoms with E-state index in [-0.39, 0.29) is 74.0 Å². The fraction of sp³-hybridized carbons (Fsp3) is 0.795. The van der Waals surface area contributed by atoms with Crippen molar-refractivity contribution in [2.45, 2.75) is 152 Å². The lowest BCUT2D eigenvalue weighted by Gasteiger charge is -2.64. The summed E-state index contributed by atoms with van der Waals surface area (Å²) in [5.74, 6) is -0.774. The van der Waals surface area contributed by atoms with Gasteiger partial charge < -0.3 is 46.4 Å². The van der Waals surface area contributed by atoms with Crippen LogP contribution in [0.5, 0.6) is 0 Å². The smallest absolute Gasteiger partial charge is 0.159 e. The van der Waals surface area contributed by atoms with Crippen LogP contribution in [0.2, 0.25) is 0 Å². The summed E-state index contributed by atoms with van der Waals surface area (Å²) in [5.41, 5.74) is 2.76. The standard InChI is InChI=1S/C44H66N2O8/c1-4-5-25-6-11-29-24(2)39(54-35(29)12-7-25)40(51)41(3,52)36-14-15-44(53)31-19-32(48)30-18-33(49)34(50)22-42(30)20-26(28-10-13-37(45)46-23-28)8-9-27(38(31)42)21-43(36,44)16-17-47/h8-10,13,19,23-27,29-30,33-40,46-47,49-53H,4-7,11-12,14-18,20-22,45H2,1-3H3. The van der Waals surface area contributed by atoms with Crippen LogP contribution < -0.4 is 11.1 Å². The molecule has 1 saturated heterocycles. The molecule has 6 aliphatic carbocycles. The summed E-state index contributed by atoms with van der Waals surface area (Å²) >= 11 is 0. The maximum absolute atomic E-state index is 14.4. The number of nitrogens with one attached hydrogen (secondary N) is 1. The first-order valence-electron chi connectivity index (χ1n) is 21.3. The van der Waals surface area contributed by atoms with Gasteiger partial charge in [0.05, 0.1) is 41.8 Å². The average molecular weight is 751 g/mol. The van der Waals surface area contributed by atoms with E-state index in [1.807, 2.05) is 18.4 Å². The number of ketones is 1. The van der Waals surface area contributed by atoms with Gasteiger partial charge in [0.15, 0.2) is 5.78 Å². The first kappa shape index (κ1) is 39.0. The number of allylic oxidation sites excluding steroid dienone is 5. The van der Waals surface area contributed by atoms with E-state index in [0.717, 1.165) is 31.3 Å². The van der Waals surface area contributed by atoms with E-state index in [1.54, 1.807) is 13.0 Å². The third kappa shape index (κ3) is 5.82. The molecule has 0 aromatic heterocycles. The molecule has 300 valence electrons. The second kappa shape index (κ2) is 14.2. The van der Waals surface area contributed by atoms with Gasteiger partial charge in [0.1, 0.15) is 6.10 Å². The average Bonchev–Trinajstić information content (AvgIpc) is 3.44. The molecular formula is C44H66N2O8. The highest BCUT2D eigenvalue weighted by molar-refractivity contribution is 5.95. The van der Waals surface area contributed by atoms with Gasteiger partial charge in [0.2, 0.25) is 0 Å². The molecule has 0 aromatic rings. The van der Waals surface area contributed by atoms with Crippen LogP contribution >= 0.6 is 0 Å². The van der Waals surface area contributed by atoms with Crippen LogP contribution in [0.1, 0.15) is 104 Å². The van der Waals surface area contributed by atoms with Crippen LogP contribution in [-0.4, -0.2) is 90.9 Å². The Balaban J connectivity index is 1.17. The van der Waals surface area contributed by atoms with E-state index < -0.39 is 58.3 Å². The molecule has 0 bridgehead atoms. The van der Waals surface area contributed by atoms with E-state index in [0.29, 0.717) is 36.7 Å². The Morgan fingerprint density at radius 2 is 1.85 bits per heavy atom. The molecule has 9 N–H and O–H groups in total. The highest BCUT2D eigenvalue weighted by Crippen LogP contribution is 2.73. The van der Waals surface area contributed by atoms with Crippen LogP contribution in [0.25, 0.3) is 0 Å². The summed E-state index contributed by atoms with van der Waals surface area (Å²) in [6.45, 7) is 5.88. The van der Waals surface area contributed by atoms with E-state index in [9.17, 15) is 35.4 Å². The molecule has 2 heterocycles. The number of dihydropyridines is 1. The summed E-state index contributed by atoms with van der Waals surface area (Å²) in [6.07, 6.45) is 16.8. The molecule has 2 aliphatic heterocycles. The van der Waals surface area contributed by atoms with Crippen molar-refractivity contribution in [1.29, 1.82) is 0 Å². The molecule has 18 atom stereocenters. The zero-order valence-corrected chi connectivity index (χ0v) is 32.5. The van der Waals surface area contributed by atoms with Gasteiger partial charge in [-0.3, -0.25) is 4.79 Å². The third-order valence-electron chi connectivity index (χ3n) is 16.8. The normalized spacial score (nSPS) is 49.9. The first-order valence-corrected chi connectivity index (χ1v) is 21.3. The number of hydrogen-bond donors (Lipinski definition) is 8. The highest BCUT2D eigenvalue weighted by atomic mass is 16.5. The Morgan fingerprint density at radius 1 is 1.07 bits per heavy atom. The van der Waals surface area contributed by atoms with Gasteiger partial charge in [0.25, 0.3) is 0 Å². The molecule has 10 heteroatoms. The fourth-order valence-electron chi connectivity index (χ4n) is 14.3. The number of carbonyl (C=O) groups is 1. The van der Waals surface area contributed by atoms with Crippen LogP contribution in [0.3, 0.4) is 0 Å². The van der Waals surface area contributed by atoms with Crippen LogP contribution in [-0.2, 0) is 9.53 Å². The predicted octanol–water partition coefficient (Wildman–Crippen LogP) is 3.79. The minimum atomic E-state index is -1.66. The lowest BCUT2D eigenvalue weighted by atomic mass is 9.41. The van der Waals surface area contributed by atoms with E-state index >= 15 is 0 Å². The van der Waals surface area contributed by atoms with Crippen molar-refractivity contribution in [3.05, 3.63) is 47.7 Å². The van der Waals surface area contributed by atoms with Gasteiger partial charge >= 0.3 is 0 Å². The predicted molar refractivity (Wildman–Crippen MR) is 204 cm³/mol. The van der Waals surface area contributed by atoms with Crippen LogP contribution in [0.15, 0.2) is 47.7 Å². The second-order valence-electron chi connectivity index (χ2n) is 19.3. The van der Waals surface area contributed by atoms with Gasteiger partial charge in [-0.25, -0.2) is 0 Å². The third-order valence-corrected chi connectivity index (χ3v) is 16.8. The van der Waals surface area contributed by atoms with Gasteiger partial charge in [-0.2, -0.15) is 0 Å². The number of ether oxygens (including phenoxy) is 1. The number of aliphatic hydroxyl groups is 6. The van der Waals surface area contributed by atoms with E-state index in [1.165, 1.54) is 12.8 Å². The highest BCUT2D eigenvalue weighted by Gasteiger charge is 2.73. The minimum absolute atomic E-state index is 0.0516. The van der Waals surface area contributed by atoms with E-state index in [2.05, 4.69) is 31.3 Å². The van der Waals surface area contributed by atoms with Crippen molar-refractivity contribution in [2.75, 3.05) is 6.61 Å². The number of aliphatic hydroxyl groups excluding tert-OH is 4. The molecule has 0 radical (unpaired) electrons. The van der Waals surface area contributed by atoms with Crippen molar-refractivity contribution < 1.29 is 40.2 Å². The summed E-state index contributed by atoms with van der Waals surface area (Å²) in [4.78, 5) is 14.4. The van der Waals surface area contributed by atoms with Crippen molar-refractivity contribution >= 4 is 5.78 Å². The van der Waals surface area contributed by atoms with Gasteiger partial charge in [-0.05, 0) is 135 Å². The zero-order chi connectivity index (χ0) is 38.4. The summed E-state index contributed by atoms with van der Waals surface area (Å²) in [6, 6.07) is 0. The van der Waals surface area contributed by atoms with Crippen molar-refractivity contribution in [2.24, 2.45) is 63.9 Å². The van der Waals surface area contributed by atoms with Crippen LogP contribution in [0, 0.1) is 58.2 Å². The molecule has 0 aromatic carbocycles. The quantitative estimate of drug-likeness (QED) is 0.170. The molecule has 0 amide bonds. The summed E-state index contributed by atoms with van der Waals surface area (Å²) < 4.78 is 6.72. The molecule has 8 rings (SSSR count). The first-order chi connectivity index (χ1) is 25.7. The van der Waals surface area contributed by atoms with Gasteiger partial charge in [0, 0.05) is 30.1 Å². The maximum Gasteiger partial charge on any atom is 0.159 e. The molecule has 5 fully saturated rings. The molecule has 54 heavy (non-hydrogen) atoms. The van der Waals surface area contributed by atoms with Crippen molar-refractivity contribution in [3.63, 3.8) is 0 Å². The van der Waals surface area contributed by atoms with Crippen molar-refractivity contribution in [3.8, 4) is 0 Å². The Labute approximate surface area is 321 Å². The Morgan fingerprint density at radius 3 is 2.57 bits per heavy atom. The molecule has 18 unspecified atom stereocenters. The summed E-state index contributed by atoms with van der Waals surface area (Å²) in [5, 5.41) is 74.8. The minimum Gasteiger partial charge on any atom is -0.396 e. The van der Waals surface area contributed by atoms with Gasteiger partial charge in [-0.1, -0.05) is 51.3 Å². The van der Waals surface area contributed by atoms with Crippen LogP contribution in [0.4, 0.5) is 0 Å². The molecular weight excluding hydrogens is 684 g/mol. The second-order valence-corrected chi connectivity index (χ2v) is 19.3. The molecule has 8 aliphatic rings. The SMILES string of the molecule is CCCC1CCC2OC(C(O)C(C)(O)C3CCC4(O)C5=CC(=O)C6CC(O)C(O)CC67CC(C6=CNC(N)C=C6)C=CC(CC34CCO)C57)C(C)C2CC1. The fourth-order valence-corrected chi connectivity index (χ4v) is 14.3. The zero-order valence-electron chi connectivity index (χ0n) is 32.5. The Bertz CT molecular complexity index is 1570. The Kier molecular flexibility index (Phi) is 10.2. The number of carbonyl (C=O) groups excluding carboxylic acids is 1. The number of rotatable bonds is 8. The maximum atomic E-state index is 14.4. The number of hydrogen-bond acceptors (Lipinski definition) is 10. The monoisotopic (exact) mass is 750 g/mol. The largest absolute Gasteiger partial charge is 0.396 e. The number of fused-ring (bicyclic) bond motifs is 3. The number of nitrogens with two attached hydrogens (primary N) is 1. The molecule has 1 spiro atoms. The molecule has 10 nitrogen and oxygen atoms in total.